The zero-order chi connectivity index (χ0) is 17.0. The van der Waals surface area contributed by atoms with E-state index >= 15 is 0 Å². The highest BCUT2D eigenvalue weighted by atomic mass is 35.5. The van der Waals surface area contributed by atoms with Gasteiger partial charge in [0.25, 0.3) is 5.91 Å². The highest BCUT2D eigenvalue weighted by Crippen LogP contribution is 2.23. The van der Waals surface area contributed by atoms with Crippen LogP contribution in [-0.2, 0) is 6.54 Å². The molecule has 0 aliphatic heterocycles. The Labute approximate surface area is 133 Å². The maximum Gasteiger partial charge on any atom is 0.573 e. The number of amides is 1. The highest BCUT2D eigenvalue weighted by molar-refractivity contribution is 6.33. The molecule has 0 bridgehead atoms. The van der Waals surface area contributed by atoms with Crippen molar-refractivity contribution in [2.24, 2.45) is 0 Å². The molecule has 0 heterocycles. The molecule has 3 nitrogen and oxygen atoms in total. The number of halogens is 5. The molecule has 23 heavy (non-hydrogen) atoms. The van der Waals surface area contributed by atoms with Crippen molar-refractivity contribution in [1.82, 2.24) is 5.32 Å². The fraction of sp³-hybridized carbons (Fsp3) is 0.133. The molecule has 0 atom stereocenters. The Hall–Kier alpha value is -2.28. The van der Waals surface area contributed by atoms with E-state index in [1.807, 2.05) is 0 Å². The van der Waals surface area contributed by atoms with Crippen LogP contribution in [-0.4, -0.2) is 12.3 Å². The van der Waals surface area contributed by atoms with E-state index in [0.29, 0.717) is 5.56 Å². The molecule has 1 N–H and O–H groups in total. The van der Waals surface area contributed by atoms with Gasteiger partial charge >= 0.3 is 6.36 Å². The topological polar surface area (TPSA) is 38.3 Å². The molecule has 122 valence electrons. The average Bonchev–Trinajstić information content (AvgIpc) is 2.44. The summed E-state index contributed by atoms with van der Waals surface area (Å²) in [6.45, 7) is 0.0683. The molecule has 0 saturated carbocycles. The number of ether oxygens (including phenoxy) is 1. The van der Waals surface area contributed by atoms with E-state index in [2.05, 4.69) is 10.1 Å². The molecule has 0 spiro atoms. The minimum absolute atomic E-state index is 0.0311. The summed E-state index contributed by atoms with van der Waals surface area (Å²) < 4.78 is 52.7. The lowest BCUT2D eigenvalue weighted by molar-refractivity contribution is -0.274. The highest BCUT2D eigenvalue weighted by Gasteiger charge is 2.30. The zero-order valence-corrected chi connectivity index (χ0v) is 12.2. The van der Waals surface area contributed by atoms with Crippen molar-refractivity contribution in [1.29, 1.82) is 0 Å². The van der Waals surface area contributed by atoms with E-state index in [1.165, 1.54) is 18.2 Å². The van der Waals surface area contributed by atoms with Crippen LogP contribution in [0.1, 0.15) is 15.9 Å². The summed E-state index contributed by atoms with van der Waals surface area (Å²) in [4.78, 5) is 11.9. The van der Waals surface area contributed by atoms with Gasteiger partial charge in [-0.3, -0.25) is 4.79 Å². The first-order valence-electron chi connectivity index (χ1n) is 6.32. The van der Waals surface area contributed by atoms with Crippen molar-refractivity contribution in [3.05, 3.63) is 64.4 Å². The van der Waals surface area contributed by atoms with E-state index in [9.17, 15) is 22.4 Å². The second kappa shape index (κ2) is 6.87. The molecule has 0 aliphatic rings. The quantitative estimate of drug-likeness (QED) is 0.837. The van der Waals surface area contributed by atoms with Crippen LogP contribution >= 0.6 is 11.6 Å². The predicted octanol–water partition coefficient (Wildman–Crippen LogP) is 4.31. The lowest BCUT2D eigenvalue weighted by Gasteiger charge is -2.10. The zero-order valence-electron chi connectivity index (χ0n) is 11.5. The van der Waals surface area contributed by atoms with Crippen molar-refractivity contribution >= 4 is 17.5 Å². The van der Waals surface area contributed by atoms with Gasteiger partial charge in [-0.2, -0.15) is 0 Å². The van der Waals surface area contributed by atoms with Gasteiger partial charge < -0.3 is 10.1 Å². The molecular weight excluding hydrogens is 338 g/mol. The summed E-state index contributed by atoms with van der Waals surface area (Å²) in [6, 6.07) is 8.40. The van der Waals surface area contributed by atoms with Crippen LogP contribution in [0.3, 0.4) is 0 Å². The molecule has 0 fully saturated rings. The Morgan fingerprint density at radius 1 is 1.13 bits per heavy atom. The fourth-order valence-electron chi connectivity index (χ4n) is 1.76. The Morgan fingerprint density at radius 2 is 1.78 bits per heavy atom. The van der Waals surface area contributed by atoms with Crippen molar-refractivity contribution < 1.29 is 27.1 Å². The third kappa shape index (κ3) is 5.14. The number of alkyl halides is 3. The van der Waals surface area contributed by atoms with Crippen LogP contribution in [0.15, 0.2) is 42.5 Å². The predicted molar refractivity (Wildman–Crippen MR) is 75.7 cm³/mol. The maximum atomic E-state index is 12.9. The van der Waals surface area contributed by atoms with Crippen LogP contribution in [0.25, 0.3) is 0 Å². The number of rotatable bonds is 4. The number of nitrogens with one attached hydrogen (secondary N) is 1. The second-order valence-corrected chi connectivity index (χ2v) is 4.91. The van der Waals surface area contributed by atoms with E-state index < -0.39 is 18.1 Å². The number of hydrogen-bond acceptors (Lipinski definition) is 2. The Morgan fingerprint density at radius 3 is 2.35 bits per heavy atom. The molecule has 0 radical (unpaired) electrons. The van der Waals surface area contributed by atoms with Gasteiger partial charge in [0.15, 0.2) is 0 Å². The van der Waals surface area contributed by atoms with E-state index in [4.69, 9.17) is 11.6 Å². The van der Waals surface area contributed by atoms with Gasteiger partial charge in [0.05, 0.1) is 10.6 Å². The van der Waals surface area contributed by atoms with Crippen LogP contribution in [0.4, 0.5) is 17.6 Å². The molecule has 0 unspecified atom stereocenters. The molecule has 2 aromatic carbocycles. The number of benzene rings is 2. The Kier molecular flexibility index (Phi) is 5.10. The summed E-state index contributed by atoms with van der Waals surface area (Å²) in [5.41, 5.74) is 0.663. The minimum Gasteiger partial charge on any atom is -0.406 e. The summed E-state index contributed by atoms with van der Waals surface area (Å²) in [5, 5.41) is 2.50. The van der Waals surface area contributed by atoms with Gasteiger partial charge in [-0.15, -0.1) is 13.2 Å². The molecule has 8 heteroatoms. The number of hydrogen-bond donors (Lipinski definition) is 1. The van der Waals surface area contributed by atoms with Crippen molar-refractivity contribution in [2.75, 3.05) is 0 Å². The van der Waals surface area contributed by atoms with Gasteiger partial charge in [0.2, 0.25) is 0 Å². The summed E-state index contributed by atoms with van der Waals surface area (Å²) in [6.07, 6.45) is -4.75. The molecule has 0 saturated heterocycles. The fourth-order valence-corrected chi connectivity index (χ4v) is 2.01. The monoisotopic (exact) mass is 347 g/mol. The second-order valence-electron chi connectivity index (χ2n) is 4.50. The van der Waals surface area contributed by atoms with Gasteiger partial charge in [-0.25, -0.2) is 4.39 Å². The smallest absolute Gasteiger partial charge is 0.406 e. The van der Waals surface area contributed by atoms with Gasteiger partial charge in [0.1, 0.15) is 11.6 Å². The lowest BCUT2D eigenvalue weighted by atomic mass is 10.2. The normalized spacial score (nSPS) is 11.2. The van der Waals surface area contributed by atoms with Crippen molar-refractivity contribution in [3.63, 3.8) is 0 Å². The molecule has 0 aromatic heterocycles. The maximum absolute atomic E-state index is 12.9. The lowest BCUT2D eigenvalue weighted by Crippen LogP contribution is -2.23. The minimum atomic E-state index is -4.75. The van der Waals surface area contributed by atoms with Crippen LogP contribution in [0.5, 0.6) is 5.75 Å². The summed E-state index contributed by atoms with van der Waals surface area (Å²) in [7, 11) is 0. The third-order valence-corrected chi connectivity index (χ3v) is 3.10. The molecule has 1 amide bonds. The van der Waals surface area contributed by atoms with Gasteiger partial charge in [-0.05, 0) is 35.9 Å². The van der Waals surface area contributed by atoms with Crippen molar-refractivity contribution in [3.8, 4) is 5.75 Å². The van der Waals surface area contributed by atoms with Crippen LogP contribution in [0.2, 0.25) is 5.02 Å². The van der Waals surface area contributed by atoms with E-state index in [1.54, 1.807) is 0 Å². The SMILES string of the molecule is O=C(NCc1ccc(OC(F)(F)F)cc1)c1ccc(F)cc1Cl. The first-order chi connectivity index (χ1) is 10.7. The van der Waals surface area contributed by atoms with Crippen LogP contribution < -0.4 is 10.1 Å². The standard InChI is InChI=1S/C15H10ClF4NO2/c16-13-7-10(17)3-6-12(13)14(22)21-8-9-1-4-11(5-2-9)23-15(18,19)20/h1-7H,8H2,(H,21,22). The number of carbonyl (C=O) groups excluding carboxylic acids is 1. The molecule has 2 rings (SSSR count). The first-order valence-corrected chi connectivity index (χ1v) is 6.70. The Balaban J connectivity index is 1.96. The first kappa shape index (κ1) is 17.1. The largest absolute Gasteiger partial charge is 0.573 e. The molecule has 2 aromatic rings. The van der Waals surface area contributed by atoms with Crippen molar-refractivity contribution in [2.45, 2.75) is 12.9 Å². The van der Waals surface area contributed by atoms with E-state index in [-0.39, 0.29) is 22.9 Å². The molecule has 0 aliphatic carbocycles. The molecular formula is C15H10ClF4NO2. The van der Waals surface area contributed by atoms with E-state index in [0.717, 1.165) is 24.3 Å². The van der Waals surface area contributed by atoms with Crippen LogP contribution in [0, 0.1) is 5.82 Å². The Bertz CT molecular complexity index is 702. The van der Waals surface area contributed by atoms with Gasteiger partial charge in [0, 0.05) is 6.54 Å². The van der Waals surface area contributed by atoms with Gasteiger partial charge in [-0.1, -0.05) is 23.7 Å². The number of carbonyl (C=O) groups is 1. The summed E-state index contributed by atoms with van der Waals surface area (Å²) >= 11 is 5.76. The third-order valence-electron chi connectivity index (χ3n) is 2.79. The average molecular weight is 348 g/mol. The summed E-state index contributed by atoms with van der Waals surface area (Å²) in [5.74, 6) is -1.44.